The number of nitrogens with zero attached hydrogens (tertiary/aromatic N) is 1. The molecule has 1 aromatic rings. The highest BCUT2D eigenvalue weighted by Crippen LogP contribution is 2.22. The molecule has 2 N–H and O–H groups in total. The molecule has 0 bridgehead atoms. The first kappa shape index (κ1) is 10.5. The maximum Gasteiger partial charge on any atom is 0.0366 e. The molecule has 1 saturated heterocycles. The molecule has 1 fully saturated rings. The second-order valence-electron chi connectivity index (χ2n) is 4.74. The summed E-state index contributed by atoms with van der Waals surface area (Å²) >= 11 is 0. The summed E-state index contributed by atoms with van der Waals surface area (Å²) in [7, 11) is 0. The normalized spacial score (nSPS) is 21.3. The van der Waals surface area contributed by atoms with E-state index in [1.165, 1.54) is 11.3 Å². The van der Waals surface area contributed by atoms with Gasteiger partial charge < -0.3 is 10.6 Å². The van der Waals surface area contributed by atoms with E-state index >= 15 is 0 Å². The van der Waals surface area contributed by atoms with Crippen LogP contribution in [0.3, 0.4) is 0 Å². The third-order valence-electron chi connectivity index (χ3n) is 3.15. The number of benzene rings is 1. The lowest BCUT2D eigenvalue weighted by atomic mass is 10.0. The molecule has 0 radical (unpaired) electrons. The predicted molar refractivity (Wildman–Crippen MR) is 65.3 cm³/mol. The van der Waals surface area contributed by atoms with Crippen molar-refractivity contribution in [3.05, 3.63) is 29.8 Å². The Labute approximate surface area is 92.1 Å². The van der Waals surface area contributed by atoms with Crippen molar-refractivity contribution in [3.8, 4) is 0 Å². The van der Waals surface area contributed by atoms with Gasteiger partial charge in [-0.1, -0.05) is 26.0 Å². The number of anilines is 1. The van der Waals surface area contributed by atoms with Crippen molar-refractivity contribution >= 4 is 5.69 Å². The summed E-state index contributed by atoms with van der Waals surface area (Å²) < 4.78 is 0. The summed E-state index contributed by atoms with van der Waals surface area (Å²) in [4.78, 5) is 2.37. The van der Waals surface area contributed by atoms with Crippen molar-refractivity contribution in [2.45, 2.75) is 32.2 Å². The minimum Gasteiger partial charge on any atom is -0.370 e. The highest BCUT2D eigenvalue weighted by molar-refractivity contribution is 5.49. The highest BCUT2D eigenvalue weighted by atomic mass is 15.2. The zero-order valence-electron chi connectivity index (χ0n) is 9.61. The van der Waals surface area contributed by atoms with Crippen molar-refractivity contribution < 1.29 is 0 Å². The van der Waals surface area contributed by atoms with Gasteiger partial charge in [0.05, 0.1) is 0 Å². The minimum atomic E-state index is 0.356. The van der Waals surface area contributed by atoms with E-state index in [9.17, 15) is 0 Å². The molecule has 0 spiro atoms. The molecule has 2 nitrogen and oxygen atoms in total. The van der Waals surface area contributed by atoms with Crippen molar-refractivity contribution in [3.63, 3.8) is 0 Å². The zero-order chi connectivity index (χ0) is 10.8. The van der Waals surface area contributed by atoms with Crippen LogP contribution in [-0.4, -0.2) is 19.1 Å². The summed E-state index contributed by atoms with van der Waals surface area (Å²) in [6.07, 6.45) is 1.12. The molecule has 0 aliphatic carbocycles. The molecule has 1 atom stereocenters. The fourth-order valence-electron chi connectivity index (χ4n) is 2.09. The average Bonchev–Trinajstić information content (AvgIpc) is 2.65. The van der Waals surface area contributed by atoms with Crippen LogP contribution in [0.2, 0.25) is 0 Å². The van der Waals surface area contributed by atoms with E-state index in [4.69, 9.17) is 5.73 Å². The molecule has 1 heterocycles. The molecule has 0 amide bonds. The number of nitrogens with two attached hydrogens (primary N) is 1. The fourth-order valence-corrected chi connectivity index (χ4v) is 2.09. The standard InChI is InChI=1S/C13H20N2/c1-10(2)11-3-5-13(6-4-11)15-8-7-12(14)9-15/h3-6,10,12H,7-9,14H2,1-2H3/t12-/m1/s1. The van der Waals surface area contributed by atoms with Gasteiger partial charge in [-0.15, -0.1) is 0 Å². The first-order valence-electron chi connectivity index (χ1n) is 5.77. The van der Waals surface area contributed by atoms with Crippen LogP contribution < -0.4 is 10.6 Å². The van der Waals surface area contributed by atoms with E-state index in [1.807, 2.05) is 0 Å². The van der Waals surface area contributed by atoms with Gasteiger partial charge in [0.15, 0.2) is 0 Å². The molecule has 15 heavy (non-hydrogen) atoms. The van der Waals surface area contributed by atoms with Gasteiger partial charge in [0.25, 0.3) is 0 Å². The van der Waals surface area contributed by atoms with E-state index < -0.39 is 0 Å². The smallest absolute Gasteiger partial charge is 0.0366 e. The third-order valence-corrected chi connectivity index (χ3v) is 3.15. The Hall–Kier alpha value is -1.02. The van der Waals surface area contributed by atoms with Gasteiger partial charge in [0.1, 0.15) is 0 Å². The Morgan fingerprint density at radius 3 is 2.40 bits per heavy atom. The van der Waals surface area contributed by atoms with Crippen LogP contribution in [0.15, 0.2) is 24.3 Å². The van der Waals surface area contributed by atoms with Gasteiger partial charge in [0, 0.05) is 24.8 Å². The minimum absolute atomic E-state index is 0.356. The van der Waals surface area contributed by atoms with Crippen LogP contribution in [0, 0.1) is 0 Å². The molecule has 1 aliphatic rings. The summed E-state index contributed by atoms with van der Waals surface area (Å²) in [5.41, 5.74) is 8.62. The molecule has 2 heteroatoms. The molecule has 1 aromatic carbocycles. The largest absolute Gasteiger partial charge is 0.370 e. The topological polar surface area (TPSA) is 29.3 Å². The van der Waals surface area contributed by atoms with Gasteiger partial charge in [-0.25, -0.2) is 0 Å². The van der Waals surface area contributed by atoms with Gasteiger partial charge >= 0.3 is 0 Å². The van der Waals surface area contributed by atoms with Crippen LogP contribution in [-0.2, 0) is 0 Å². The second-order valence-corrected chi connectivity index (χ2v) is 4.74. The quantitative estimate of drug-likeness (QED) is 0.801. The lowest BCUT2D eigenvalue weighted by Crippen LogP contribution is -2.26. The Bertz CT molecular complexity index is 316. The molecule has 2 rings (SSSR count). The number of rotatable bonds is 2. The molecule has 82 valence electrons. The van der Waals surface area contributed by atoms with E-state index in [0.717, 1.165) is 19.5 Å². The fraction of sp³-hybridized carbons (Fsp3) is 0.538. The van der Waals surface area contributed by atoms with Gasteiger partial charge in [-0.3, -0.25) is 0 Å². The van der Waals surface area contributed by atoms with Crippen molar-refractivity contribution in [1.29, 1.82) is 0 Å². The summed E-state index contributed by atoms with van der Waals surface area (Å²) in [6, 6.07) is 9.24. The Kier molecular flexibility index (Phi) is 2.96. The Balaban J connectivity index is 2.10. The van der Waals surface area contributed by atoms with Crippen LogP contribution in [0.25, 0.3) is 0 Å². The summed E-state index contributed by atoms with van der Waals surface area (Å²) in [5, 5.41) is 0. The van der Waals surface area contributed by atoms with Gasteiger partial charge in [0.2, 0.25) is 0 Å². The second kappa shape index (κ2) is 4.23. The number of hydrogen-bond donors (Lipinski definition) is 1. The average molecular weight is 204 g/mol. The van der Waals surface area contributed by atoms with E-state index in [2.05, 4.69) is 43.0 Å². The maximum atomic E-state index is 5.90. The van der Waals surface area contributed by atoms with Gasteiger partial charge in [-0.2, -0.15) is 0 Å². The lowest BCUT2D eigenvalue weighted by molar-refractivity contribution is 0.752. The Morgan fingerprint density at radius 1 is 1.27 bits per heavy atom. The molecule has 1 aliphatic heterocycles. The molecule has 0 aromatic heterocycles. The van der Waals surface area contributed by atoms with Crippen LogP contribution in [0.5, 0.6) is 0 Å². The maximum absolute atomic E-state index is 5.90. The lowest BCUT2D eigenvalue weighted by Gasteiger charge is -2.18. The zero-order valence-corrected chi connectivity index (χ0v) is 9.61. The monoisotopic (exact) mass is 204 g/mol. The molecular formula is C13H20N2. The van der Waals surface area contributed by atoms with Crippen molar-refractivity contribution in [1.82, 2.24) is 0 Å². The van der Waals surface area contributed by atoms with E-state index in [0.29, 0.717) is 12.0 Å². The molecule has 0 saturated carbocycles. The molecular weight excluding hydrogens is 184 g/mol. The first-order valence-corrected chi connectivity index (χ1v) is 5.77. The SMILES string of the molecule is CC(C)c1ccc(N2CC[C@@H](N)C2)cc1. The van der Waals surface area contributed by atoms with Crippen LogP contribution in [0.4, 0.5) is 5.69 Å². The van der Waals surface area contributed by atoms with Crippen LogP contribution in [0.1, 0.15) is 31.7 Å². The van der Waals surface area contributed by atoms with Crippen molar-refractivity contribution in [2.75, 3.05) is 18.0 Å². The summed E-state index contributed by atoms with van der Waals surface area (Å²) in [6.45, 7) is 6.55. The Morgan fingerprint density at radius 2 is 1.93 bits per heavy atom. The van der Waals surface area contributed by atoms with E-state index in [1.54, 1.807) is 0 Å². The van der Waals surface area contributed by atoms with Gasteiger partial charge in [-0.05, 0) is 30.0 Å². The summed E-state index contributed by atoms with van der Waals surface area (Å²) in [5.74, 6) is 0.611. The van der Waals surface area contributed by atoms with E-state index in [-0.39, 0.29) is 0 Å². The predicted octanol–water partition coefficient (Wildman–Crippen LogP) is 2.35. The first-order chi connectivity index (χ1) is 7.16. The molecule has 0 unspecified atom stereocenters. The number of hydrogen-bond acceptors (Lipinski definition) is 2. The van der Waals surface area contributed by atoms with Crippen LogP contribution >= 0.6 is 0 Å². The third kappa shape index (κ3) is 2.32. The van der Waals surface area contributed by atoms with Crippen molar-refractivity contribution in [2.24, 2.45) is 5.73 Å². The highest BCUT2D eigenvalue weighted by Gasteiger charge is 2.18.